The highest BCUT2D eigenvalue weighted by Gasteiger charge is 2.53. The van der Waals surface area contributed by atoms with Crippen LogP contribution in [0.4, 0.5) is 28.4 Å². The summed E-state index contributed by atoms with van der Waals surface area (Å²) in [4.78, 5) is 5.31. The molecular formula is C60H51BN2. The highest BCUT2D eigenvalue weighted by atomic mass is 15.2. The van der Waals surface area contributed by atoms with Crippen LogP contribution in [0, 0.1) is 0 Å². The Morgan fingerprint density at radius 3 is 1.79 bits per heavy atom. The third-order valence-electron chi connectivity index (χ3n) is 14.7. The molecule has 4 aliphatic rings. The number of rotatable bonds is 7. The van der Waals surface area contributed by atoms with Crippen LogP contribution in [0.15, 0.2) is 206 Å². The molecule has 8 aromatic carbocycles. The molecular weight excluding hydrogens is 759 g/mol. The average molecular weight is 811 g/mol. The SMILES string of the molecule is CC1(C)C2=C(c3ccccc31)N(c1cccc(-c3ccccc3)c1)c1cc(C3CCCCC3)cc3c1B2c1ccccc1N3c1cccc(C(c2ccccc2)c2ccccc2)c1. The Hall–Kier alpha value is -6.84. The largest absolute Gasteiger partial charge is 0.311 e. The summed E-state index contributed by atoms with van der Waals surface area (Å²) in [5, 5.41) is 0. The molecule has 8 aromatic rings. The molecule has 63 heavy (non-hydrogen) atoms. The zero-order valence-electron chi connectivity index (χ0n) is 36.2. The molecule has 0 bridgehead atoms. The van der Waals surface area contributed by atoms with Crippen LogP contribution in [0.3, 0.4) is 0 Å². The summed E-state index contributed by atoms with van der Waals surface area (Å²) in [5.41, 5.74) is 22.3. The average Bonchev–Trinajstić information content (AvgIpc) is 3.58. The van der Waals surface area contributed by atoms with Crippen LogP contribution in [0.1, 0.15) is 91.2 Å². The summed E-state index contributed by atoms with van der Waals surface area (Å²) < 4.78 is 0. The number of benzene rings is 8. The number of fused-ring (bicyclic) bond motifs is 5. The summed E-state index contributed by atoms with van der Waals surface area (Å²) in [6.07, 6.45) is 6.36. The second-order valence-corrected chi connectivity index (χ2v) is 18.7. The minimum Gasteiger partial charge on any atom is -0.311 e. The molecule has 2 heterocycles. The minimum absolute atomic E-state index is 0.0818. The first-order valence-corrected chi connectivity index (χ1v) is 23.1. The zero-order valence-corrected chi connectivity index (χ0v) is 36.2. The predicted octanol–water partition coefficient (Wildman–Crippen LogP) is 14.4. The first-order valence-electron chi connectivity index (χ1n) is 23.1. The molecule has 1 fully saturated rings. The maximum atomic E-state index is 2.68. The van der Waals surface area contributed by atoms with Crippen molar-refractivity contribution < 1.29 is 0 Å². The van der Waals surface area contributed by atoms with Gasteiger partial charge in [-0.2, -0.15) is 0 Å². The van der Waals surface area contributed by atoms with Gasteiger partial charge in [-0.25, -0.2) is 0 Å². The third-order valence-corrected chi connectivity index (χ3v) is 14.7. The van der Waals surface area contributed by atoms with Crippen molar-refractivity contribution in [2.24, 2.45) is 0 Å². The molecule has 0 saturated heterocycles. The van der Waals surface area contributed by atoms with E-state index in [9.17, 15) is 0 Å². The van der Waals surface area contributed by atoms with E-state index in [-0.39, 0.29) is 18.0 Å². The first kappa shape index (κ1) is 37.9. The lowest BCUT2D eigenvalue weighted by molar-refractivity contribution is 0.444. The molecule has 0 N–H and O–H groups in total. The van der Waals surface area contributed by atoms with Crippen LogP contribution < -0.4 is 20.7 Å². The normalized spacial score (nSPS) is 16.1. The van der Waals surface area contributed by atoms with E-state index in [4.69, 9.17) is 0 Å². The molecule has 3 heteroatoms. The second kappa shape index (κ2) is 15.2. The number of anilines is 5. The standard InChI is InChI=1S/C60H51BN2/c1-60(2)51-34-16-15-33-50(51)58-59(60)61-52-35-17-18-36-53(52)62(48-31-20-30-46(38-48)56(43-25-11-5-12-26-43)44-27-13-6-14-28-44)54-39-47(42-23-9-4-10-24-42)40-55(57(54)61)63(58)49-32-19-29-45(37-49)41-21-7-3-8-22-41/h3,5-8,11-22,25-40,42,56H,4,9-10,23-24H2,1-2H3. The van der Waals surface area contributed by atoms with E-state index in [1.165, 1.54) is 127 Å². The molecule has 1 saturated carbocycles. The van der Waals surface area contributed by atoms with E-state index in [1.807, 2.05) is 0 Å². The predicted molar refractivity (Wildman–Crippen MR) is 266 cm³/mol. The highest BCUT2D eigenvalue weighted by molar-refractivity contribution is 6.96. The number of allylic oxidation sites excluding steroid dienone is 1. The smallest absolute Gasteiger partial charge is 0.248 e. The third kappa shape index (κ3) is 6.15. The van der Waals surface area contributed by atoms with Crippen LogP contribution in [0.2, 0.25) is 0 Å². The number of hydrogen-bond donors (Lipinski definition) is 0. The summed E-state index contributed by atoms with van der Waals surface area (Å²) >= 11 is 0. The maximum absolute atomic E-state index is 2.68. The van der Waals surface area contributed by atoms with E-state index >= 15 is 0 Å². The van der Waals surface area contributed by atoms with Crippen molar-refractivity contribution in [2.75, 3.05) is 9.80 Å². The lowest BCUT2D eigenvalue weighted by atomic mass is 9.30. The van der Waals surface area contributed by atoms with Gasteiger partial charge in [0.1, 0.15) is 0 Å². The fraction of sp³-hybridized carbons (Fsp3) is 0.167. The van der Waals surface area contributed by atoms with Crippen molar-refractivity contribution in [3.63, 3.8) is 0 Å². The van der Waals surface area contributed by atoms with Gasteiger partial charge in [0.2, 0.25) is 6.71 Å². The molecule has 0 radical (unpaired) electrons. The van der Waals surface area contributed by atoms with E-state index < -0.39 is 0 Å². The Balaban J connectivity index is 1.14. The van der Waals surface area contributed by atoms with E-state index in [0.717, 1.165) is 0 Å². The molecule has 0 atom stereocenters. The summed E-state index contributed by atoms with van der Waals surface area (Å²) in [6, 6.07) is 75.5. The Morgan fingerprint density at radius 2 is 1.06 bits per heavy atom. The Labute approximate surface area is 373 Å². The molecule has 2 aliphatic carbocycles. The molecule has 304 valence electrons. The molecule has 0 unspecified atom stereocenters. The second-order valence-electron chi connectivity index (χ2n) is 18.7. The summed E-state index contributed by atoms with van der Waals surface area (Å²) in [5.74, 6) is 0.616. The molecule has 12 rings (SSSR count). The minimum atomic E-state index is -0.212. The highest BCUT2D eigenvalue weighted by Crippen LogP contribution is 2.56. The zero-order chi connectivity index (χ0) is 42.1. The first-order chi connectivity index (χ1) is 31.0. The van der Waals surface area contributed by atoms with Gasteiger partial charge >= 0.3 is 0 Å². The number of nitrogens with zero attached hydrogens (tertiary/aromatic N) is 2. The quantitative estimate of drug-likeness (QED) is 0.117. The van der Waals surface area contributed by atoms with Gasteiger partial charge in [-0.15, -0.1) is 0 Å². The lowest BCUT2D eigenvalue weighted by Crippen LogP contribution is -2.57. The van der Waals surface area contributed by atoms with Gasteiger partial charge < -0.3 is 9.80 Å². The monoisotopic (exact) mass is 810 g/mol. The van der Waals surface area contributed by atoms with Crippen LogP contribution >= 0.6 is 0 Å². The van der Waals surface area contributed by atoms with Gasteiger partial charge in [0.25, 0.3) is 0 Å². The van der Waals surface area contributed by atoms with Crippen molar-refractivity contribution >= 4 is 51.8 Å². The van der Waals surface area contributed by atoms with Crippen molar-refractivity contribution in [1.82, 2.24) is 0 Å². The molecule has 0 aromatic heterocycles. The van der Waals surface area contributed by atoms with Gasteiger partial charge in [-0.05, 0) is 111 Å². The van der Waals surface area contributed by atoms with E-state index in [2.05, 4.69) is 224 Å². The van der Waals surface area contributed by atoms with Gasteiger partial charge in [0.15, 0.2) is 0 Å². The van der Waals surface area contributed by atoms with Gasteiger partial charge in [0.05, 0.1) is 0 Å². The van der Waals surface area contributed by atoms with Gasteiger partial charge in [-0.1, -0.05) is 196 Å². The van der Waals surface area contributed by atoms with Crippen molar-refractivity contribution in [1.29, 1.82) is 0 Å². The van der Waals surface area contributed by atoms with E-state index in [1.54, 1.807) is 0 Å². The van der Waals surface area contributed by atoms with Gasteiger partial charge in [0, 0.05) is 51.0 Å². The van der Waals surface area contributed by atoms with Crippen LogP contribution in [-0.4, -0.2) is 6.71 Å². The van der Waals surface area contributed by atoms with Crippen LogP contribution in [0.25, 0.3) is 16.8 Å². The molecule has 0 spiro atoms. The topological polar surface area (TPSA) is 6.48 Å². The number of para-hydroxylation sites is 1. The Bertz CT molecular complexity index is 3000. The van der Waals surface area contributed by atoms with Gasteiger partial charge in [-0.3, -0.25) is 0 Å². The fourth-order valence-corrected chi connectivity index (χ4v) is 11.9. The van der Waals surface area contributed by atoms with Crippen molar-refractivity contribution in [3.05, 3.63) is 239 Å². The van der Waals surface area contributed by atoms with E-state index in [0.29, 0.717) is 5.92 Å². The summed E-state index contributed by atoms with van der Waals surface area (Å²) in [6.45, 7) is 5.03. The van der Waals surface area contributed by atoms with Crippen LogP contribution in [0.5, 0.6) is 0 Å². The maximum Gasteiger partial charge on any atom is 0.248 e. The van der Waals surface area contributed by atoms with Crippen LogP contribution in [-0.2, 0) is 5.41 Å². The fourth-order valence-electron chi connectivity index (χ4n) is 11.9. The molecule has 0 amide bonds. The lowest BCUT2D eigenvalue weighted by Gasteiger charge is -2.46. The molecule has 2 aliphatic heterocycles. The number of hydrogen-bond acceptors (Lipinski definition) is 2. The molecule has 2 nitrogen and oxygen atoms in total. The summed E-state index contributed by atoms with van der Waals surface area (Å²) in [7, 11) is 0. The Kier molecular flexibility index (Phi) is 9.15. The Morgan fingerprint density at radius 1 is 0.492 bits per heavy atom. The van der Waals surface area contributed by atoms with Crippen molar-refractivity contribution in [2.45, 2.75) is 63.2 Å². The van der Waals surface area contributed by atoms with Crippen molar-refractivity contribution in [3.8, 4) is 11.1 Å².